The predicted molar refractivity (Wildman–Crippen MR) is 126 cm³/mol. The third-order valence-electron chi connectivity index (χ3n) is 4.72. The molecule has 0 saturated carbocycles. The highest BCUT2D eigenvalue weighted by atomic mass is 35.5. The SMILES string of the molecule is CN(Cc1cnc2nc(N)nc(N)c2n1)c1ccc(C(=O)N[C@H](CCC(=O)O)C(=O)O)cc1.Cl. The first-order chi connectivity index (χ1) is 15.6. The zero-order valence-corrected chi connectivity index (χ0v) is 18.8. The zero-order valence-electron chi connectivity index (χ0n) is 18.0. The largest absolute Gasteiger partial charge is 0.481 e. The molecule has 0 spiro atoms. The van der Waals surface area contributed by atoms with Crippen LogP contribution in [-0.2, 0) is 16.1 Å². The minimum atomic E-state index is -1.30. The average molecular weight is 491 g/mol. The van der Waals surface area contributed by atoms with Gasteiger partial charge >= 0.3 is 11.9 Å². The van der Waals surface area contributed by atoms with Crippen molar-refractivity contribution in [3.8, 4) is 0 Å². The Morgan fingerprint density at radius 1 is 1.09 bits per heavy atom. The van der Waals surface area contributed by atoms with Crippen LogP contribution in [0.2, 0.25) is 0 Å². The highest BCUT2D eigenvalue weighted by Gasteiger charge is 2.21. The molecule has 0 saturated heterocycles. The number of amides is 1. The number of hydrogen-bond acceptors (Lipinski definition) is 10. The molecule has 0 aliphatic carbocycles. The molecular weight excluding hydrogens is 468 g/mol. The summed E-state index contributed by atoms with van der Waals surface area (Å²) < 4.78 is 0. The number of nitrogens with one attached hydrogen (secondary N) is 1. The molecule has 1 aromatic carbocycles. The van der Waals surface area contributed by atoms with E-state index in [1.165, 1.54) is 12.1 Å². The smallest absolute Gasteiger partial charge is 0.326 e. The number of nitrogens with two attached hydrogens (primary N) is 2. The van der Waals surface area contributed by atoms with Gasteiger partial charge < -0.3 is 31.9 Å². The van der Waals surface area contributed by atoms with E-state index in [0.29, 0.717) is 23.4 Å². The second-order valence-corrected chi connectivity index (χ2v) is 7.20. The summed E-state index contributed by atoms with van der Waals surface area (Å²) in [6.45, 7) is 0.370. The van der Waals surface area contributed by atoms with Crippen LogP contribution in [0.15, 0.2) is 30.5 Å². The number of halogens is 1. The van der Waals surface area contributed by atoms with Crippen molar-refractivity contribution < 1.29 is 24.6 Å². The number of nitrogens with zero attached hydrogens (tertiary/aromatic N) is 5. The highest BCUT2D eigenvalue weighted by molar-refractivity contribution is 5.97. The van der Waals surface area contributed by atoms with Gasteiger partial charge in [0.2, 0.25) is 5.95 Å². The van der Waals surface area contributed by atoms with Gasteiger partial charge in [-0.25, -0.2) is 14.8 Å². The number of nitrogen functional groups attached to an aromatic ring is 2. The Morgan fingerprint density at radius 2 is 1.76 bits per heavy atom. The average Bonchev–Trinajstić information content (AvgIpc) is 2.76. The van der Waals surface area contributed by atoms with Gasteiger partial charge in [0.05, 0.1) is 18.4 Å². The number of hydrogen-bond donors (Lipinski definition) is 5. The fraction of sp³-hybridized carbons (Fsp3) is 0.250. The van der Waals surface area contributed by atoms with E-state index in [-0.39, 0.29) is 42.6 Å². The molecule has 1 amide bonds. The number of aliphatic carboxylic acids is 2. The molecule has 2 aromatic heterocycles. The van der Waals surface area contributed by atoms with E-state index in [4.69, 9.17) is 16.6 Å². The molecule has 0 aliphatic heterocycles. The summed E-state index contributed by atoms with van der Waals surface area (Å²) in [5.74, 6) is -2.91. The number of carbonyl (C=O) groups is 3. The Bertz CT molecular complexity index is 1210. The third kappa shape index (κ3) is 6.38. The fourth-order valence-corrected chi connectivity index (χ4v) is 3.03. The van der Waals surface area contributed by atoms with E-state index in [2.05, 4.69) is 25.3 Å². The van der Waals surface area contributed by atoms with E-state index < -0.39 is 23.9 Å². The lowest BCUT2D eigenvalue weighted by atomic mass is 10.1. The van der Waals surface area contributed by atoms with Crippen molar-refractivity contribution in [2.24, 2.45) is 0 Å². The molecule has 13 nitrogen and oxygen atoms in total. The van der Waals surface area contributed by atoms with Crippen molar-refractivity contribution in [3.05, 3.63) is 41.7 Å². The summed E-state index contributed by atoms with van der Waals surface area (Å²) in [4.78, 5) is 52.7. The molecular formula is C20H23ClN8O5. The maximum atomic E-state index is 12.4. The Hall–Kier alpha value is -4.26. The maximum Gasteiger partial charge on any atom is 0.326 e. The molecule has 0 fully saturated rings. The van der Waals surface area contributed by atoms with Gasteiger partial charge in [0.15, 0.2) is 17.0 Å². The van der Waals surface area contributed by atoms with Crippen LogP contribution in [0.3, 0.4) is 0 Å². The summed E-state index contributed by atoms with van der Waals surface area (Å²) in [5.41, 5.74) is 13.7. The minimum Gasteiger partial charge on any atom is -0.481 e. The predicted octanol–water partition coefficient (Wildman–Crippen LogP) is 0.690. The van der Waals surface area contributed by atoms with Gasteiger partial charge in [-0.2, -0.15) is 9.97 Å². The van der Waals surface area contributed by atoms with Crippen LogP contribution in [0.5, 0.6) is 0 Å². The third-order valence-corrected chi connectivity index (χ3v) is 4.72. The van der Waals surface area contributed by atoms with Crippen LogP contribution in [0.4, 0.5) is 17.5 Å². The molecule has 180 valence electrons. The molecule has 0 bridgehead atoms. The van der Waals surface area contributed by atoms with Gasteiger partial charge in [-0.15, -0.1) is 12.4 Å². The topological polar surface area (TPSA) is 211 Å². The second-order valence-electron chi connectivity index (χ2n) is 7.20. The molecule has 34 heavy (non-hydrogen) atoms. The number of aromatic nitrogens is 4. The first kappa shape index (κ1) is 26.0. The van der Waals surface area contributed by atoms with Crippen molar-refractivity contribution >= 4 is 58.9 Å². The van der Waals surface area contributed by atoms with Gasteiger partial charge in [0, 0.05) is 24.7 Å². The van der Waals surface area contributed by atoms with Gasteiger partial charge in [-0.05, 0) is 30.7 Å². The number of fused-ring (bicyclic) bond motifs is 1. The second kappa shape index (κ2) is 11.0. The molecule has 0 radical (unpaired) electrons. The first-order valence-corrected chi connectivity index (χ1v) is 9.75. The minimum absolute atomic E-state index is 0. The van der Waals surface area contributed by atoms with Crippen molar-refractivity contribution in [3.63, 3.8) is 0 Å². The van der Waals surface area contributed by atoms with Gasteiger partial charge in [-0.3, -0.25) is 9.59 Å². The molecule has 3 aromatic rings. The number of carboxylic acid groups (broad SMARTS) is 2. The number of carboxylic acids is 2. The van der Waals surface area contributed by atoms with Crippen molar-refractivity contribution in [1.82, 2.24) is 25.3 Å². The van der Waals surface area contributed by atoms with E-state index in [1.807, 2.05) is 11.9 Å². The molecule has 0 aliphatic rings. The number of carbonyl (C=O) groups excluding carboxylic acids is 1. The quantitative estimate of drug-likeness (QED) is 0.280. The Morgan fingerprint density at radius 3 is 2.38 bits per heavy atom. The van der Waals surface area contributed by atoms with Gasteiger partial charge in [0.25, 0.3) is 5.91 Å². The van der Waals surface area contributed by atoms with Crippen LogP contribution < -0.4 is 21.7 Å². The number of rotatable bonds is 9. The van der Waals surface area contributed by atoms with Gasteiger partial charge in [-0.1, -0.05) is 0 Å². The van der Waals surface area contributed by atoms with Crippen molar-refractivity contribution in [2.45, 2.75) is 25.4 Å². The standard InChI is InChI=1S/C20H22N8O5.ClH/c1-28(9-11-8-23-17-15(24-11)16(21)26-20(22)27-17)12-4-2-10(3-5-12)18(31)25-13(19(32)33)6-7-14(29)30;/h2-5,8,13H,6-7,9H2,1H3,(H,25,31)(H,29,30)(H,32,33)(H4,21,22,23,26,27);1H/t13-;/m1./s1. The van der Waals surface area contributed by atoms with E-state index >= 15 is 0 Å². The van der Waals surface area contributed by atoms with E-state index in [9.17, 15) is 19.5 Å². The van der Waals surface area contributed by atoms with Crippen LogP contribution in [0, 0.1) is 0 Å². The van der Waals surface area contributed by atoms with Crippen LogP contribution in [0.25, 0.3) is 11.2 Å². The first-order valence-electron chi connectivity index (χ1n) is 9.75. The summed E-state index contributed by atoms with van der Waals surface area (Å²) in [7, 11) is 1.82. The lowest BCUT2D eigenvalue weighted by Crippen LogP contribution is -2.41. The van der Waals surface area contributed by atoms with Crippen molar-refractivity contribution in [1.29, 1.82) is 0 Å². The van der Waals surface area contributed by atoms with Gasteiger partial charge in [0.1, 0.15) is 6.04 Å². The van der Waals surface area contributed by atoms with Crippen LogP contribution in [0.1, 0.15) is 28.9 Å². The summed E-state index contributed by atoms with van der Waals surface area (Å²) in [5, 5.41) is 20.2. The Balaban J connectivity index is 0.00000408. The molecule has 3 rings (SSSR count). The van der Waals surface area contributed by atoms with Crippen molar-refractivity contribution in [2.75, 3.05) is 23.4 Å². The Kier molecular flexibility index (Phi) is 8.45. The molecule has 2 heterocycles. The summed E-state index contributed by atoms with van der Waals surface area (Å²) in [6.07, 6.45) is 0.964. The Labute approximate surface area is 199 Å². The van der Waals surface area contributed by atoms with E-state index in [0.717, 1.165) is 5.69 Å². The lowest BCUT2D eigenvalue weighted by molar-refractivity contribution is -0.140. The fourth-order valence-electron chi connectivity index (χ4n) is 3.03. The van der Waals surface area contributed by atoms with Crippen LogP contribution >= 0.6 is 12.4 Å². The molecule has 1 atom stereocenters. The normalized spacial score (nSPS) is 11.3. The highest BCUT2D eigenvalue weighted by Crippen LogP contribution is 2.19. The van der Waals surface area contributed by atoms with E-state index in [1.54, 1.807) is 18.3 Å². The molecule has 0 unspecified atom stereocenters. The monoisotopic (exact) mass is 490 g/mol. The summed E-state index contributed by atoms with van der Waals surface area (Å²) >= 11 is 0. The summed E-state index contributed by atoms with van der Waals surface area (Å²) in [6, 6.07) is 5.16. The number of benzene rings is 1. The lowest BCUT2D eigenvalue weighted by Gasteiger charge is -2.19. The van der Waals surface area contributed by atoms with Crippen LogP contribution in [-0.4, -0.2) is 61.1 Å². The molecule has 14 heteroatoms. The maximum absolute atomic E-state index is 12.4. The number of anilines is 3. The molecule has 7 N–H and O–H groups in total. The zero-order chi connectivity index (χ0) is 24.1.